The highest BCUT2D eigenvalue weighted by atomic mass is 35.5. The van der Waals surface area contributed by atoms with Gasteiger partial charge in [0.2, 0.25) is 11.3 Å². The zero-order chi connectivity index (χ0) is 31.1. The number of anilines is 2. The molecule has 0 amide bonds. The first-order valence-electron chi connectivity index (χ1n) is 14.2. The fourth-order valence-corrected chi connectivity index (χ4v) is 6.28. The van der Waals surface area contributed by atoms with Crippen LogP contribution in [0.1, 0.15) is 16.8 Å². The number of halogens is 2. The topological polar surface area (TPSA) is 113 Å². The second-order valence-electron chi connectivity index (χ2n) is 11.2. The molecule has 3 aromatic heterocycles. The molecule has 13 heteroatoms. The molecule has 2 aliphatic rings. The largest absolute Gasteiger partial charge is 0.477 e. The number of hydrogen-bond donors (Lipinski definition) is 1. The molecule has 11 nitrogen and oxygen atoms in total. The van der Waals surface area contributed by atoms with E-state index in [2.05, 4.69) is 38.8 Å². The second-order valence-corrected chi connectivity index (χ2v) is 12.0. The number of fused-ring (bicyclic) bond motifs is 1. The number of hydrogen-bond acceptors (Lipinski definition) is 9. The number of methoxy groups -OCH3 is 1. The average Bonchev–Trinajstić information content (AvgIpc) is 3.39. The monoisotopic (exact) mass is 638 g/mol. The van der Waals surface area contributed by atoms with E-state index in [0.717, 1.165) is 25.3 Å². The second kappa shape index (κ2) is 12.2. The third-order valence-electron chi connectivity index (χ3n) is 8.44. The summed E-state index contributed by atoms with van der Waals surface area (Å²) in [6, 6.07) is 10.8. The van der Waals surface area contributed by atoms with Crippen molar-refractivity contribution >= 4 is 51.6 Å². The van der Waals surface area contributed by atoms with Gasteiger partial charge in [-0.25, -0.2) is 14.8 Å². The van der Waals surface area contributed by atoms with Gasteiger partial charge >= 0.3 is 5.97 Å². The summed E-state index contributed by atoms with van der Waals surface area (Å²) in [6.07, 6.45) is 5.20. The molecule has 2 fully saturated rings. The third kappa shape index (κ3) is 5.56. The van der Waals surface area contributed by atoms with E-state index in [1.165, 1.54) is 12.3 Å². The summed E-state index contributed by atoms with van der Waals surface area (Å²) in [5.74, 6) is -0.168. The van der Waals surface area contributed by atoms with Crippen LogP contribution in [0.4, 0.5) is 11.5 Å². The number of aromatic carboxylic acids is 1. The highest BCUT2D eigenvalue weighted by Crippen LogP contribution is 2.37. The minimum Gasteiger partial charge on any atom is -0.477 e. The highest BCUT2D eigenvalue weighted by Gasteiger charge is 2.37. The summed E-state index contributed by atoms with van der Waals surface area (Å²) in [6.45, 7) is 2.60. The summed E-state index contributed by atoms with van der Waals surface area (Å²) in [7, 11) is 5.77. The maximum Gasteiger partial charge on any atom is 0.341 e. The Balaban J connectivity index is 1.39. The molecule has 5 heterocycles. The molecule has 6 rings (SSSR count). The van der Waals surface area contributed by atoms with Crippen molar-refractivity contribution < 1.29 is 19.4 Å². The number of carbonyl (C=O) groups is 1. The molecule has 0 radical (unpaired) electrons. The molecular weight excluding hydrogens is 607 g/mol. The summed E-state index contributed by atoms with van der Waals surface area (Å²) >= 11 is 13.1. The van der Waals surface area contributed by atoms with Crippen LogP contribution in [0.5, 0.6) is 5.88 Å². The van der Waals surface area contributed by atoms with Crippen LogP contribution in [0.2, 0.25) is 10.0 Å². The van der Waals surface area contributed by atoms with Crippen molar-refractivity contribution in [2.45, 2.75) is 24.6 Å². The molecule has 0 spiro atoms. The van der Waals surface area contributed by atoms with Gasteiger partial charge in [-0.15, -0.1) is 0 Å². The van der Waals surface area contributed by atoms with Gasteiger partial charge in [0.05, 0.1) is 40.3 Å². The zero-order valence-electron chi connectivity index (χ0n) is 24.5. The lowest BCUT2D eigenvalue weighted by molar-refractivity contribution is 0.0695. The summed E-state index contributed by atoms with van der Waals surface area (Å²) in [5, 5.41) is 10.8. The molecule has 0 bridgehead atoms. The fourth-order valence-electron chi connectivity index (χ4n) is 5.84. The van der Waals surface area contributed by atoms with Crippen molar-refractivity contribution in [2.24, 2.45) is 0 Å². The van der Waals surface area contributed by atoms with Crippen LogP contribution in [0, 0.1) is 0 Å². The van der Waals surface area contributed by atoms with Crippen molar-refractivity contribution in [3.8, 4) is 11.6 Å². The van der Waals surface area contributed by atoms with Crippen LogP contribution < -0.4 is 20.0 Å². The van der Waals surface area contributed by atoms with E-state index in [9.17, 15) is 14.7 Å². The highest BCUT2D eigenvalue weighted by molar-refractivity contribution is 6.34. The van der Waals surface area contributed by atoms with Gasteiger partial charge in [-0.3, -0.25) is 4.79 Å². The molecular formula is C31H32Cl2N6O5. The first kappa shape index (κ1) is 30.1. The molecule has 1 aromatic carbocycles. The number of likely N-dealkylation sites (N-methyl/N-ethyl adjacent to an activating group) is 1. The Morgan fingerprint density at radius 3 is 2.59 bits per heavy atom. The predicted molar refractivity (Wildman–Crippen MR) is 170 cm³/mol. The minimum absolute atomic E-state index is 0.161. The number of aromatic nitrogens is 3. The van der Waals surface area contributed by atoms with Gasteiger partial charge in [0.25, 0.3) is 0 Å². The molecule has 0 unspecified atom stereocenters. The smallest absolute Gasteiger partial charge is 0.341 e. The first-order chi connectivity index (χ1) is 21.2. The number of nitrogens with zero attached hydrogens (tertiary/aromatic N) is 6. The number of carboxylic acids is 1. The fraction of sp³-hybridized carbons (Fsp3) is 0.355. The van der Waals surface area contributed by atoms with Crippen molar-refractivity contribution in [1.82, 2.24) is 19.4 Å². The van der Waals surface area contributed by atoms with Crippen molar-refractivity contribution in [3.63, 3.8) is 0 Å². The number of benzene rings is 1. The molecule has 44 heavy (non-hydrogen) atoms. The Morgan fingerprint density at radius 1 is 1.14 bits per heavy atom. The van der Waals surface area contributed by atoms with E-state index in [4.69, 9.17) is 32.7 Å². The van der Waals surface area contributed by atoms with Gasteiger partial charge in [-0.2, -0.15) is 0 Å². The Morgan fingerprint density at radius 2 is 1.93 bits per heavy atom. The lowest BCUT2D eigenvalue weighted by atomic mass is 10.1. The summed E-state index contributed by atoms with van der Waals surface area (Å²) < 4.78 is 13.5. The summed E-state index contributed by atoms with van der Waals surface area (Å²) in [5.41, 5.74) is 0.800. The molecule has 2 saturated heterocycles. The van der Waals surface area contributed by atoms with E-state index in [0.29, 0.717) is 45.4 Å². The van der Waals surface area contributed by atoms with Crippen molar-refractivity contribution in [3.05, 3.63) is 80.8 Å². The van der Waals surface area contributed by atoms with Crippen LogP contribution >= 0.6 is 23.2 Å². The van der Waals surface area contributed by atoms with Gasteiger partial charge in [0, 0.05) is 50.6 Å². The van der Waals surface area contributed by atoms with Crippen LogP contribution in [0.25, 0.3) is 16.6 Å². The van der Waals surface area contributed by atoms with Gasteiger partial charge in [-0.1, -0.05) is 23.2 Å². The summed E-state index contributed by atoms with van der Waals surface area (Å²) in [4.78, 5) is 40.7. The number of carboxylic acid groups (broad SMARTS) is 1. The molecule has 0 aliphatic carbocycles. The van der Waals surface area contributed by atoms with E-state index < -0.39 is 11.4 Å². The zero-order valence-corrected chi connectivity index (χ0v) is 26.0. The van der Waals surface area contributed by atoms with Crippen LogP contribution in [0.15, 0.2) is 59.8 Å². The lowest BCUT2D eigenvalue weighted by Crippen LogP contribution is -2.57. The lowest BCUT2D eigenvalue weighted by Gasteiger charge is -2.43. The predicted octanol–water partition coefficient (Wildman–Crippen LogP) is 4.21. The van der Waals surface area contributed by atoms with E-state index in [-0.39, 0.29) is 29.7 Å². The average molecular weight is 640 g/mol. The molecule has 0 saturated carbocycles. The number of ether oxygens (including phenoxy) is 2. The van der Waals surface area contributed by atoms with Gasteiger partial charge in [-0.05, 0) is 56.9 Å². The van der Waals surface area contributed by atoms with Crippen LogP contribution in [-0.4, -0.2) is 96.1 Å². The van der Waals surface area contributed by atoms with E-state index >= 15 is 0 Å². The molecule has 1 N–H and O–H groups in total. The van der Waals surface area contributed by atoms with Crippen LogP contribution in [0.3, 0.4) is 0 Å². The van der Waals surface area contributed by atoms with E-state index in [1.807, 2.05) is 18.2 Å². The normalized spacial score (nSPS) is 18.7. The van der Waals surface area contributed by atoms with Gasteiger partial charge < -0.3 is 33.8 Å². The van der Waals surface area contributed by atoms with Crippen LogP contribution in [-0.2, 0) is 4.74 Å². The SMILES string of the molecule is CO[C@H]1CCN(c2cc3c(cc2Cl)c(=O)c(C(=O)O)cn3-c2ccc(N3CC(N(C)C)C3)nc2)[C@H]1COc1ncccc1Cl. The quantitative estimate of drug-likeness (QED) is 0.286. The van der Waals surface area contributed by atoms with Crippen molar-refractivity contribution in [1.29, 1.82) is 0 Å². The van der Waals surface area contributed by atoms with Crippen molar-refractivity contribution in [2.75, 3.05) is 57.2 Å². The Labute approximate surface area is 264 Å². The minimum atomic E-state index is -1.32. The molecule has 2 aliphatic heterocycles. The van der Waals surface area contributed by atoms with Gasteiger partial charge in [0.1, 0.15) is 23.0 Å². The molecule has 2 atom stereocenters. The van der Waals surface area contributed by atoms with E-state index in [1.54, 1.807) is 36.2 Å². The third-order valence-corrected chi connectivity index (χ3v) is 9.03. The maximum atomic E-state index is 13.3. The standard InChI is InChI=1S/C31H32Cl2N6O5/c1-36(2)19-14-37(15-19)28-7-6-18(13-35-28)39-16-21(31(41)42)29(40)20-11-23(33)25(12-24(20)39)38-10-8-27(43-3)26(38)17-44-30-22(32)5-4-9-34-30/h4-7,9,11-13,16,19,26-27H,8,10,14-15,17H2,1-3H3,(H,41,42)/t26-,27-/m0/s1. The Bertz CT molecular complexity index is 1760. The number of pyridine rings is 3. The van der Waals surface area contributed by atoms with Gasteiger partial charge in [0.15, 0.2) is 0 Å². The molecule has 4 aromatic rings. The Kier molecular flexibility index (Phi) is 8.38. The Hall–Kier alpha value is -3.90. The number of rotatable bonds is 9. The maximum absolute atomic E-state index is 13.3. The molecule has 230 valence electrons. The first-order valence-corrected chi connectivity index (χ1v) is 14.9.